The van der Waals surface area contributed by atoms with Crippen LogP contribution in [-0.4, -0.2) is 41.1 Å². The van der Waals surface area contributed by atoms with E-state index in [1.54, 1.807) is 0 Å². The molecule has 0 unspecified atom stereocenters. The molecule has 1 atom stereocenters. The summed E-state index contributed by atoms with van der Waals surface area (Å²) in [5.41, 5.74) is 3.43. The number of nitrogens with zero attached hydrogens (tertiary/aromatic N) is 1. The first-order valence-electron chi connectivity index (χ1n) is 12.9. The van der Waals surface area contributed by atoms with E-state index in [-0.39, 0.29) is 23.4 Å². The summed E-state index contributed by atoms with van der Waals surface area (Å²) in [6.07, 6.45) is 3.27. The van der Waals surface area contributed by atoms with Crippen LogP contribution in [-0.2, 0) is 4.79 Å². The predicted octanol–water partition coefficient (Wildman–Crippen LogP) is 5.85. The van der Waals surface area contributed by atoms with E-state index in [0.29, 0.717) is 11.0 Å². The first-order valence-corrected chi connectivity index (χ1v) is 13.3. The Morgan fingerprint density at radius 1 is 1.06 bits per heavy atom. The fourth-order valence-electron chi connectivity index (χ4n) is 4.50. The first-order chi connectivity index (χ1) is 16.6. The van der Waals surface area contributed by atoms with Gasteiger partial charge in [0.2, 0.25) is 5.91 Å². The lowest BCUT2D eigenvalue weighted by Gasteiger charge is -2.34. The standard InChI is InChI=1S/C29H42N4OS/c1-21(2)27(34)30-25-13-9-12-24(20-25)22-14-17-33(18-15-22)19-16-26(23-10-7-6-8-11-23)31-28(35)32-29(3,4)5/h6-13,20-22,26H,14-19H2,1-5H3,(H,30,34)(H2,31,32,35)/t26-/m0/s1. The Bertz CT molecular complexity index is 962. The monoisotopic (exact) mass is 494 g/mol. The van der Waals surface area contributed by atoms with Gasteiger partial charge in [-0.25, -0.2) is 0 Å². The number of nitrogens with one attached hydrogen (secondary N) is 3. The second kappa shape index (κ2) is 12.5. The summed E-state index contributed by atoms with van der Waals surface area (Å²) < 4.78 is 0. The van der Waals surface area contributed by atoms with Crippen LogP contribution in [0, 0.1) is 5.92 Å². The molecule has 1 heterocycles. The molecule has 0 bridgehead atoms. The zero-order chi connectivity index (χ0) is 25.4. The first kappa shape index (κ1) is 27.2. The van der Waals surface area contributed by atoms with Crippen LogP contribution in [0.25, 0.3) is 0 Å². The minimum atomic E-state index is -0.0674. The predicted molar refractivity (Wildman–Crippen MR) is 151 cm³/mol. The van der Waals surface area contributed by atoms with Crippen LogP contribution in [0.4, 0.5) is 5.69 Å². The van der Waals surface area contributed by atoms with Crippen LogP contribution in [0.2, 0.25) is 0 Å². The molecule has 2 aromatic rings. The van der Waals surface area contributed by atoms with Crippen molar-refractivity contribution in [3.05, 3.63) is 65.7 Å². The van der Waals surface area contributed by atoms with E-state index in [4.69, 9.17) is 12.2 Å². The van der Waals surface area contributed by atoms with Gasteiger partial charge in [0.1, 0.15) is 0 Å². The Morgan fingerprint density at radius 2 is 1.74 bits per heavy atom. The summed E-state index contributed by atoms with van der Waals surface area (Å²) >= 11 is 5.61. The highest BCUT2D eigenvalue weighted by Crippen LogP contribution is 2.30. The normalized spacial score (nSPS) is 16.1. The average Bonchev–Trinajstić information content (AvgIpc) is 2.81. The molecule has 2 aromatic carbocycles. The molecule has 5 nitrogen and oxygen atoms in total. The third kappa shape index (κ3) is 8.93. The summed E-state index contributed by atoms with van der Waals surface area (Å²) in [6, 6.07) is 19.2. The minimum absolute atomic E-state index is 0.0188. The number of carbonyl (C=O) groups excluding carboxylic acids is 1. The van der Waals surface area contributed by atoms with E-state index in [9.17, 15) is 4.79 Å². The van der Waals surface area contributed by atoms with Gasteiger partial charge in [-0.3, -0.25) is 4.79 Å². The van der Waals surface area contributed by atoms with Gasteiger partial charge in [-0.2, -0.15) is 0 Å². The molecule has 1 saturated heterocycles. The highest BCUT2D eigenvalue weighted by atomic mass is 32.1. The molecule has 0 radical (unpaired) electrons. The molecule has 1 aliphatic rings. The molecule has 3 N–H and O–H groups in total. The van der Waals surface area contributed by atoms with Crippen LogP contribution in [0.15, 0.2) is 54.6 Å². The van der Waals surface area contributed by atoms with Crippen molar-refractivity contribution in [2.45, 2.75) is 71.4 Å². The van der Waals surface area contributed by atoms with Gasteiger partial charge in [-0.15, -0.1) is 0 Å². The lowest BCUT2D eigenvalue weighted by atomic mass is 9.89. The number of benzene rings is 2. The second-order valence-corrected chi connectivity index (χ2v) is 11.4. The lowest BCUT2D eigenvalue weighted by molar-refractivity contribution is -0.118. The number of amides is 1. The maximum absolute atomic E-state index is 12.1. The molecule has 1 amide bonds. The van der Waals surface area contributed by atoms with Crippen molar-refractivity contribution in [1.29, 1.82) is 0 Å². The van der Waals surface area contributed by atoms with Gasteiger partial charge in [0.05, 0.1) is 6.04 Å². The van der Waals surface area contributed by atoms with Gasteiger partial charge >= 0.3 is 0 Å². The summed E-state index contributed by atoms with van der Waals surface area (Å²) in [5, 5.41) is 10.7. The van der Waals surface area contributed by atoms with Crippen molar-refractivity contribution in [2.75, 3.05) is 25.0 Å². The molecule has 1 aliphatic heterocycles. The van der Waals surface area contributed by atoms with Crippen molar-refractivity contribution in [2.24, 2.45) is 5.92 Å². The van der Waals surface area contributed by atoms with E-state index in [0.717, 1.165) is 44.6 Å². The molecule has 6 heteroatoms. The number of hydrogen-bond acceptors (Lipinski definition) is 3. The third-order valence-electron chi connectivity index (χ3n) is 6.47. The molecule has 3 rings (SSSR count). The van der Waals surface area contributed by atoms with Gasteiger partial charge in [-0.05, 0) is 94.5 Å². The number of carbonyl (C=O) groups is 1. The quantitative estimate of drug-likeness (QED) is 0.402. The molecule has 0 aromatic heterocycles. The van der Waals surface area contributed by atoms with Crippen molar-refractivity contribution >= 4 is 28.9 Å². The number of hydrogen-bond donors (Lipinski definition) is 3. The number of likely N-dealkylation sites (tertiary alicyclic amines) is 1. The smallest absolute Gasteiger partial charge is 0.226 e. The zero-order valence-electron chi connectivity index (χ0n) is 21.9. The molecular formula is C29H42N4OS. The highest BCUT2D eigenvalue weighted by molar-refractivity contribution is 7.80. The Hall–Kier alpha value is -2.44. The van der Waals surface area contributed by atoms with Gasteiger partial charge in [0, 0.05) is 23.7 Å². The van der Waals surface area contributed by atoms with Crippen molar-refractivity contribution in [1.82, 2.24) is 15.5 Å². The fraction of sp³-hybridized carbons (Fsp3) is 0.517. The Balaban J connectivity index is 1.54. The van der Waals surface area contributed by atoms with E-state index in [2.05, 4.69) is 90.2 Å². The van der Waals surface area contributed by atoms with E-state index in [1.165, 1.54) is 11.1 Å². The summed E-state index contributed by atoms with van der Waals surface area (Å²) in [7, 11) is 0. The summed E-state index contributed by atoms with van der Waals surface area (Å²) in [6.45, 7) is 13.4. The Kier molecular flexibility index (Phi) is 9.70. The van der Waals surface area contributed by atoms with Gasteiger partial charge in [0.15, 0.2) is 5.11 Å². The zero-order valence-corrected chi connectivity index (χ0v) is 22.8. The van der Waals surface area contributed by atoms with Gasteiger partial charge in [0.25, 0.3) is 0 Å². The molecule has 0 spiro atoms. The maximum atomic E-state index is 12.1. The summed E-state index contributed by atoms with van der Waals surface area (Å²) in [5.74, 6) is 0.583. The molecule has 0 aliphatic carbocycles. The van der Waals surface area contributed by atoms with E-state index in [1.807, 2.05) is 19.9 Å². The van der Waals surface area contributed by atoms with Crippen LogP contribution < -0.4 is 16.0 Å². The van der Waals surface area contributed by atoms with E-state index >= 15 is 0 Å². The minimum Gasteiger partial charge on any atom is -0.358 e. The van der Waals surface area contributed by atoms with Crippen LogP contribution in [0.5, 0.6) is 0 Å². The third-order valence-corrected chi connectivity index (χ3v) is 6.69. The maximum Gasteiger partial charge on any atom is 0.226 e. The number of thiocarbonyl (C=S) groups is 1. The molecule has 1 fully saturated rings. The molecular weight excluding hydrogens is 452 g/mol. The van der Waals surface area contributed by atoms with Crippen LogP contribution >= 0.6 is 12.2 Å². The topological polar surface area (TPSA) is 56.4 Å². The Labute approximate surface area is 217 Å². The largest absolute Gasteiger partial charge is 0.358 e. The SMILES string of the molecule is CC(C)C(=O)Nc1cccc(C2CCN(CC[C@H](NC(=S)NC(C)(C)C)c3ccccc3)CC2)c1. The van der Waals surface area contributed by atoms with E-state index < -0.39 is 0 Å². The van der Waals surface area contributed by atoms with Crippen LogP contribution in [0.3, 0.4) is 0 Å². The van der Waals surface area contributed by atoms with Gasteiger partial charge in [-0.1, -0.05) is 56.3 Å². The van der Waals surface area contributed by atoms with Gasteiger partial charge < -0.3 is 20.9 Å². The summed E-state index contributed by atoms with van der Waals surface area (Å²) in [4.78, 5) is 14.6. The van der Waals surface area contributed by atoms with Crippen molar-refractivity contribution in [3.8, 4) is 0 Å². The number of piperidine rings is 1. The fourth-order valence-corrected chi connectivity index (χ4v) is 4.95. The molecule has 0 saturated carbocycles. The Morgan fingerprint density at radius 3 is 2.37 bits per heavy atom. The lowest BCUT2D eigenvalue weighted by Crippen LogP contribution is -2.47. The highest BCUT2D eigenvalue weighted by Gasteiger charge is 2.23. The second-order valence-electron chi connectivity index (χ2n) is 11.0. The number of rotatable bonds is 8. The average molecular weight is 495 g/mol. The van der Waals surface area contributed by atoms with Crippen LogP contribution in [0.1, 0.15) is 77.0 Å². The molecule has 35 heavy (non-hydrogen) atoms. The van der Waals surface area contributed by atoms with Crippen molar-refractivity contribution < 1.29 is 4.79 Å². The van der Waals surface area contributed by atoms with Crippen molar-refractivity contribution in [3.63, 3.8) is 0 Å². The molecule has 190 valence electrons. The number of anilines is 1.